The molecule has 0 spiro atoms. The van der Waals surface area contributed by atoms with Crippen LogP contribution < -0.4 is 5.32 Å². The van der Waals surface area contributed by atoms with Crippen LogP contribution in [0.1, 0.15) is 15.4 Å². The van der Waals surface area contributed by atoms with Gasteiger partial charge in [0.15, 0.2) is 5.13 Å². The van der Waals surface area contributed by atoms with E-state index in [0.717, 1.165) is 15.9 Å². The molecule has 92 valence electrons. The number of hydrogen-bond acceptors (Lipinski definition) is 5. The summed E-state index contributed by atoms with van der Waals surface area (Å²) in [6, 6.07) is 1.88. The minimum atomic E-state index is -0.120. The molecule has 1 N–H and O–H groups in total. The van der Waals surface area contributed by atoms with Crippen LogP contribution in [-0.4, -0.2) is 20.7 Å². The number of thiazole rings is 1. The van der Waals surface area contributed by atoms with Gasteiger partial charge in [-0.15, -0.1) is 22.7 Å². The molecule has 0 atom stereocenters. The second kappa shape index (κ2) is 4.18. The fourth-order valence-electron chi connectivity index (χ4n) is 1.76. The molecule has 0 aliphatic heterocycles. The van der Waals surface area contributed by atoms with E-state index >= 15 is 0 Å². The highest BCUT2D eigenvalue weighted by Gasteiger charge is 2.15. The first-order chi connectivity index (χ1) is 8.65. The Labute approximate surface area is 111 Å². The number of nitrogens with one attached hydrogen (secondary N) is 1. The summed E-state index contributed by atoms with van der Waals surface area (Å²) < 4.78 is 1.80. The number of hydrogen-bond donors (Lipinski definition) is 1. The maximum absolute atomic E-state index is 12.0. The van der Waals surface area contributed by atoms with E-state index < -0.39 is 0 Å². The monoisotopic (exact) mass is 278 g/mol. The van der Waals surface area contributed by atoms with E-state index in [4.69, 9.17) is 0 Å². The topological polar surface area (TPSA) is 59.8 Å². The molecule has 3 aromatic rings. The molecule has 3 heterocycles. The molecule has 0 aliphatic rings. The molecular weight excluding hydrogens is 268 g/mol. The number of rotatable bonds is 2. The molecule has 1 amide bonds. The summed E-state index contributed by atoms with van der Waals surface area (Å²) in [6.45, 7) is 1.94. The Hall–Kier alpha value is -1.73. The van der Waals surface area contributed by atoms with Crippen LogP contribution in [0.15, 0.2) is 17.6 Å². The summed E-state index contributed by atoms with van der Waals surface area (Å²) in [6.07, 6.45) is 1.67. The number of carbonyl (C=O) groups is 1. The van der Waals surface area contributed by atoms with Gasteiger partial charge in [0.1, 0.15) is 4.83 Å². The number of nitrogens with zero attached hydrogens (tertiary/aromatic N) is 3. The van der Waals surface area contributed by atoms with Crippen molar-refractivity contribution < 1.29 is 4.79 Å². The van der Waals surface area contributed by atoms with Crippen LogP contribution in [-0.2, 0) is 7.05 Å². The van der Waals surface area contributed by atoms with Gasteiger partial charge in [0.05, 0.1) is 10.6 Å². The molecule has 5 nitrogen and oxygen atoms in total. The van der Waals surface area contributed by atoms with Gasteiger partial charge < -0.3 is 0 Å². The maximum Gasteiger partial charge on any atom is 0.267 e. The highest BCUT2D eigenvalue weighted by molar-refractivity contribution is 7.20. The molecule has 0 unspecified atom stereocenters. The molecule has 3 aromatic heterocycles. The molecule has 0 aliphatic carbocycles. The third-order valence-corrected chi connectivity index (χ3v) is 4.46. The van der Waals surface area contributed by atoms with E-state index in [1.807, 2.05) is 25.4 Å². The van der Waals surface area contributed by atoms with Gasteiger partial charge in [-0.05, 0) is 13.0 Å². The number of aromatic nitrogens is 3. The zero-order valence-corrected chi connectivity index (χ0v) is 11.4. The Morgan fingerprint density at radius 1 is 1.50 bits per heavy atom. The summed E-state index contributed by atoms with van der Waals surface area (Å²) >= 11 is 2.85. The van der Waals surface area contributed by atoms with Crippen LogP contribution >= 0.6 is 22.7 Å². The van der Waals surface area contributed by atoms with Gasteiger partial charge in [0, 0.05) is 24.0 Å². The second-order valence-electron chi connectivity index (χ2n) is 3.83. The van der Waals surface area contributed by atoms with Gasteiger partial charge in [-0.2, -0.15) is 5.10 Å². The van der Waals surface area contributed by atoms with Crippen LogP contribution in [0.3, 0.4) is 0 Å². The lowest BCUT2D eigenvalue weighted by molar-refractivity contribution is 0.103. The van der Waals surface area contributed by atoms with Gasteiger partial charge in [-0.25, -0.2) is 4.98 Å². The lowest BCUT2D eigenvalue weighted by Gasteiger charge is -1.97. The van der Waals surface area contributed by atoms with Crippen LogP contribution in [0.25, 0.3) is 10.2 Å². The number of thiophene rings is 1. The van der Waals surface area contributed by atoms with Gasteiger partial charge in [-0.3, -0.25) is 14.8 Å². The molecule has 0 aromatic carbocycles. The van der Waals surface area contributed by atoms with Crippen LogP contribution in [0.5, 0.6) is 0 Å². The summed E-state index contributed by atoms with van der Waals surface area (Å²) in [5.74, 6) is -0.120. The predicted molar refractivity (Wildman–Crippen MR) is 73.4 cm³/mol. The number of anilines is 1. The highest BCUT2D eigenvalue weighted by atomic mass is 32.1. The van der Waals surface area contributed by atoms with E-state index in [9.17, 15) is 4.79 Å². The van der Waals surface area contributed by atoms with Crippen LogP contribution in [0, 0.1) is 6.92 Å². The Kier molecular flexibility index (Phi) is 2.64. The number of fused-ring (bicyclic) bond motifs is 1. The molecule has 0 radical (unpaired) electrons. The Morgan fingerprint density at radius 2 is 2.33 bits per heavy atom. The maximum atomic E-state index is 12.0. The summed E-state index contributed by atoms with van der Waals surface area (Å²) in [7, 11) is 1.88. The lowest BCUT2D eigenvalue weighted by Crippen LogP contribution is -2.09. The number of amides is 1. The normalized spacial score (nSPS) is 11.0. The summed E-state index contributed by atoms with van der Waals surface area (Å²) in [4.78, 5) is 17.8. The lowest BCUT2D eigenvalue weighted by atomic mass is 10.3. The SMILES string of the molecule is Cc1nn(C)c2sc(C(=O)Nc3nccs3)cc12. The van der Waals surface area contributed by atoms with Crippen molar-refractivity contribution in [2.75, 3.05) is 5.32 Å². The fourth-order valence-corrected chi connectivity index (χ4v) is 3.30. The molecule has 0 bridgehead atoms. The molecule has 0 saturated carbocycles. The Morgan fingerprint density at radius 3 is 3.00 bits per heavy atom. The van der Waals surface area contributed by atoms with Crippen molar-refractivity contribution in [1.29, 1.82) is 0 Å². The van der Waals surface area contributed by atoms with E-state index in [0.29, 0.717) is 10.0 Å². The molecular formula is C11H10N4OS2. The zero-order valence-electron chi connectivity index (χ0n) is 9.80. The van der Waals surface area contributed by atoms with Gasteiger partial charge >= 0.3 is 0 Å². The van der Waals surface area contributed by atoms with Gasteiger partial charge in [0.25, 0.3) is 5.91 Å². The largest absolute Gasteiger partial charge is 0.297 e. The van der Waals surface area contributed by atoms with Gasteiger partial charge in [0.2, 0.25) is 0 Å². The smallest absolute Gasteiger partial charge is 0.267 e. The van der Waals surface area contributed by atoms with E-state index in [2.05, 4.69) is 15.4 Å². The predicted octanol–water partition coefficient (Wildman–Crippen LogP) is 2.65. The molecule has 0 saturated heterocycles. The average molecular weight is 278 g/mol. The first kappa shape index (κ1) is 11.4. The van der Waals surface area contributed by atoms with Crippen molar-refractivity contribution in [3.05, 3.63) is 28.2 Å². The van der Waals surface area contributed by atoms with E-state index in [-0.39, 0.29) is 5.91 Å². The summed E-state index contributed by atoms with van der Waals surface area (Å²) in [5.41, 5.74) is 0.942. The standard InChI is InChI=1S/C11H10N4OS2/c1-6-7-5-8(18-10(7)15(2)14-6)9(16)13-11-12-3-4-17-11/h3-5H,1-2H3,(H,12,13,16). The van der Waals surface area contributed by atoms with Gasteiger partial charge in [-0.1, -0.05) is 0 Å². The number of carbonyl (C=O) groups excluding carboxylic acids is 1. The molecule has 0 fully saturated rings. The molecule has 7 heteroatoms. The molecule has 3 rings (SSSR count). The van der Waals surface area contributed by atoms with Crippen molar-refractivity contribution in [3.63, 3.8) is 0 Å². The average Bonchev–Trinajstić information content (AvgIpc) is 3.00. The van der Waals surface area contributed by atoms with E-state index in [1.54, 1.807) is 10.9 Å². The van der Waals surface area contributed by atoms with Crippen LogP contribution in [0.2, 0.25) is 0 Å². The third kappa shape index (κ3) is 1.81. The fraction of sp³-hybridized carbons (Fsp3) is 0.182. The zero-order chi connectivity index (χ0) is 12.7. The second-order valence-corrected chi connectivity index (χ2v) is 5.76. The highest BCUT2D eigenvalue weighted by Crippen LogP contribution is 2.28. The minimum Gasteiger partial charge on any atom is -0.297 e. The van der Waals surface area contributed by atoms with Crippen molar-refractivity contribution in [2.24, 2.45) is 7.05 Å². The summed E-state index contributed by atoms with van der Waals surface area (Å²) in [5, 5.41) is 10.6. The minimum absolute atomic E-state index is 0.120. The van der Waals surface area contributed by atoms with Crippen molar-refractivity contribution in [2.45, 2.75) is 6.92 Å². The first-order valence-electron chi connectivity index (χ1n) is 5.29. The van der Waals surface area contributed by atoms with Crippen molar-refractivity contribution >= 4 is 43.9 Å². The van der Waals surface area contributed by atoms with E-state index in [1.165, 1.54) is 22.7 Å². The molecule has 18 heavy (non-hydrogen) atoms. The van der Waals surface area contributed by atoms with Crippen molar-refractivity contribution in [3.8, 4) is 0 Å². The Balaban J connectivity index is 1.94. The van der Waals surface area contributed by atoms with Crippen molar-refractivity contribution in [1.82, 2.24) is 14.8 Å². The number of aryl methyl sites for hydroxylation is 2. The van der Waals surface area contributed by atoms with Crippen LogP contribution in [0.4, 0.5) is 5.13 Å². The Bertz CT molecular complexity index is 676. The first-order valence-corrected chi connectivity index (χ1v) is 6.99. The third-order valence-electron chi connectivity index (χ3n) is 2.57. The quantitative estimate of drug-likeness (QED) is 0.784.